The van der Waals surface area contributed by atoms with E-state index in [0.29, 0.717) is 17.2 Å². The predicted octanol–water partition coefficient (Wildman–Crippen LogP) is 2.95. The summed E-state index contributed by atoms with van der Waals surface area (Å²) < 4.78 is 16.2. The summed E-state index contributed by atoms with van der Waals surface area (Å²) in [6, 6.07) is 9.21. The number of hydrogen-bond acceptors (Lipinski definition) is 7. The molecule has 31 heavy (non-hydrogen) atoms. The van der Waals surface area contributed by atoms with Crippen LogP contribution in [0.5, 0.6) is 11.5 Å². The summed E-state index contributed by atoms with van der Waals surface area (Å²) in [5.41, 5.74) is 0.661. The van der Waals surface area contributed by atoms with Gasteiger partial charge in [0.25, 0.3) is 11.7 Å². The minimum atomic E-state index is -0.854. The summed E-state index contributed by atoms with van der Waals surface area (Å²) in [6.45, 7) is 4.20. The summed E-state index contributed by atoms with van der Waals surface area (Å²) in [4.78, 5) is 31.6. The summed E-state index contributed by atoms with van der Waals surface area (Å²) in [5.74, 6) is -1.05. The first-order chi connectivity index (χ1) is 14.9. The summed E-state index contributed by atoms with van der Waals surface area (Å²) >= 11 is 0. The number of benzene rings is 1. The second-order valence-electron chi connectivity index (χ2n) is 7.23. The van der Waals surface area contributed by atoms with Crippen LogP contribution in [0.3, 0.4) is 0 Å². The first kappa shape index (κ1) is 22.3. The molecule has 0 saturated carbocycles. The van der Waals surface area contributed by atoms with Crippen LogP contribution < -0.4 is 9.47 Å². The molecule has 1 aromatic heterocycles. The third kappa shape index (κ3) is 4.54. The molecular weight excluding hydrogens is 400 g/mol. The highest BCUT2D eigenvalue weighted by molar-refractivity contribution is 6.46. The topological polar surface area (TPSA) is 98.2 Å². The van der Waals surface area contributed by atoms with Crippen molar-refractivity contribution in [2.24, 2.45) is 0 Å². The van der Waals surface area contributed by atoms with Crippen LogP contribution in [-0.4, -0.2) is 60.2 Å². The largest absolute Gasteiger partial charge is 0.507 e. The van der Waals surface area contributed by atoms with Crippen LogP contribution in [0.15, 0.2) is 48.2 Å². The molecule has 1 N–H and O–H groups in total. The third-order valence-corrected chi connectivity index (χ3v) is 4.95. The van der Waals surface area contributed by atoms with E-state index in [1.807, 2.05) is 13.8 Å². The molecule has 1 unspecified atom stereocenters. The van der Waals surface area contributed by atoms with Crippen LogP contribution in [0.25, 0.3) is 5.76 Å². The number of likely N-dealkylation sites (tertiary alicyclic amines) is 1. The van der Waals surface area contributed by atoms with E-state index in [0.717, 1.165) is 0 Å². The molecule has 0 aliphatic carbocycles. The SMILES string of the molecule is COc1ccc(OC)c(/C(O)=C2\C(=O)C(=O)N(CCOC(C)C)C2c2ccccn2)c1. The average Bonchev–Trinajstić information content (AvgIpc) is 3.03. The minimum Gasteiger partial charge on any atom is -0.507 e. The number of hydrogen-bond donors (Lipinski definition) is 1. The Morgan fingerprint density at radius 1 is 1.16 bits per heavy atom. The van der Waals surface area contributed by atoms with Gasteiger partial charge in [-0.1, -0.05) is 6.07 Å². The van der Waals surface area contributed by atoms with Gasteiger partial charge in [-0.25, -0.2) is 0 Å². The highest BCUT2D eigenvalue weighted by atomic mass is 16.5. The molecule has 2 aromatic rings. The quantitative estimate of drug-likeness (QED) is 0.394. The zero-order valence-electron chi connectivity index (χ0n) is 18.0. The smallest absolute Gasteiger partial charge is 0.295 e. The molecule has 1 aromatic carbocycles. The maximum Gasteiger partial charge on any atom is 0.295 e. The van der Waals surface area contributed by atoms with Crippen molar-refractivity contribution in [3.63, 3.8) is 0 Å². The number of ether oxygens (including phenoxy) is 3. The molecule has 1 fully saturated rings. The van der Waals surface area contributed by atoms with Crippen molar-refractivity contribution < 1.29 is 28.9 Å². The Balaban J connectivity index is 2.14. The number of aliphatic hydroxyl groups is 1. The van der Waals surface area contributed by atoms with Gasteiger partial charge in [0.2, 0.25) is 0 Å². The van der Waals surface area contributed by atoms with Crippen molar-refractivity contribution in [2.75, 3.05) is 27.4 Å². The van der Waals surface area contributed by atoms with Crippen LogP contribution in [0.1, 0.15) is 31.1 Å². The molecular formula is C23H26N2O6. The number of amides is 1. The first-order valence-corrected chi connectivity index (χ1v) is 9.92. The lowest BCUT2D eigenvalue weighted by Gasteiger charge is -2.25. The van der Waals surface area contributed by atoms with Gasteiger partial charge < -0.3 is 24.2 Å². The molecule has 1 amide bonds. The number of rotatable bonds is 8. The number of aromatic nitrogens is 1. The maximum absolute atomic E-state index is 13.0. The van der Waals surface area contributed by atoms with Crippen molar-refractivity contribution in [1.29, 1.82) is 0 Å². The lowest BCUT2D eigenvalue weighted by molar-refractivity contribution is -0.140. The lowest BCUT2D eigenvalue weighted by atomic mass is 9.97. The van der Waals surface area contributed by atoms with Gasteiger partial charge in [-0.05, 0) is 44.2 Å². The molecule has 164 valence electrons. The standard InChI is InChI=1S/C23H26N2O6/c1-14(2)31-12-11-25-20(17-7-5-6-10-24-17)19(22(27)23(25)28)21(26)16-13-15(29-3)8-9-18(16)30-4/h5-10,13-14,20,26H,11-12H2,1-4H3/b21-19+. The van der Waals surface area contributed by atoms with Gasteiger partial charge in [0.15, 0.2) is 0 Å². The van der Waals surface area contributed by atoms with Crippen LogP contribution in [0.2, 0.25) is 0 Å². The van der Waals surface area contributed by atoms with Crippen LogP contribution in [-0.2, 0) is 14.3 Å². The Morgan fingerprint density at radius 2 is 1.94 bits per heavy atom. The predicted molar refractivity (Wildman–Crippen MR) is 114 cm³/mol. The van der Waals surface area contributed by atoms with Gasteiger partial charge in [-0.2, -0.15) is 0 Å². The lowest BCUT2D eigenvalue weighted by Crippen LogP contribution is -2.33. The van der Waals surface area contributed by atoms with Gasteiger partial charge in [-0.15, -0.1) is 0 Å². The molecule has 1 saturated heterocycles. The fraction of sp³-hybridized carbons (Fsp3) is 0.348. The van der Waals surface area contributed by atoms with Gasteiger partial charge in [0, 0.05) is 12.7 Å². The Bertz CT molecular complexity index is 987. The number of carbonyl (C=O) groups excluding carboxylic acids is 2. The Labute approximate surface area is 181 Å². The summed E-state index contributed by atoms with van der Waals surface area (Å²) in [7, 11) is 2.95. The van der Waals surface area contributed by atoms with E-state index >= 15 is 0 Å². The molecule has 1 aliphatic heterocycles. The van der Waals surface area contributed by atoms with E-state index in [1.54, 1.807) is 42.6 Å². The Morgan fingerprint density at radius 3 is 2.55 bits per heavy atom. The van der Waals surface area contributed by atoms with Gasteiger partial charge in [0.1, 0.15) is 23.3 Å². The highest BCUT2D eigenvalue weighted by Crippen LogP contribution is 2.40. The van der Waals surface area contributed by atoms with E-state index in [1.165, 1.54) is 19.1 Å². The molecule has 8 nitrogen and oxygen atoms in total. The van der Waals surface area contributed by atoms with Crippen molar-refractivity contribution >= 4 is 17.4 Å². The van der Waals surface area contributed by atoms with E-state index in [9.17, 15) is 14.7 Å². The Hall–Kier alpha value is -3.39. The number of ketones is 1. The zero-order chi connectivity index (χ0) is 22.5. The zero-order valence-corrected chi connectivity index (χ0v) is 18.0. The van der Waals surface area contributed by atoms with Crippen molar-refractivity contribution in [2.45, 2.75) is 26.0 Å². The van der Waals surface area contributed by atoms with Crippen molar-refractivity contribution in [1.82, 2.24) is 9.88 Å². The van der Waals surface area contributed by atoms with E-state index < -0.39 is 17.7 Å². The number of pyridine rings is 1. The third-order valence-electron chi connectivity index (χ3n) is 4.95. The van der Waals surface area contributed by atoms with Gasteiger partial charge in [0.05, 0.1) is 43.8 Å². The normalized spacial score (nSPS) is 18.0. The van der Waals surface area contributed by atoms with Gasteiger partial charge >= 0.3 is 0 Å². The molecule has 3 rings (SSSR count). The molecule has 0 radical (unpaired) electrons. The molecule has 1 aliphatic rings. The van der Waals surface area contributed by atoms with Crippen LogP contribution >= 0.6 is 0 Å². The van der Waals surface area contributed by atoms with Gasteiger partial charge in [-0.3, -0.25) is 14.6 Å². The number of Topliss-reactive ketones (excluding diaryl/α,β-unsaturated/α-hetero) is 1. The van der Waals surface area contributed by atoms with Crippen molar-refractivity contribution in [3.8, 4) is 11.5 Å². The van der Waals surface area contributed by atoms with E-state index in [-0.39, 0.29) is 36.2 Å². The summed E-state index contributed by atoms with van der Waals surface area (Å²) in [6.07, 6.45) is 1.55. The highest BCUT2D eigenvalue weighted by Gasteiger charge is 2.46. The van der Waals surface area contributed by atoms with Crippen molar-refractivity contribution in [3.05, 3.63) is 59.4 Å². The van der Waals surface area contributed by atoms with E-state index in [4.69, 9.17) is 14.2 Å². The molecule has 0 spiro atoms. The summed E-state index contributed by atoms with van der Waals surface area (Å²) in [5, 5.41) is 11.2. The fourth-order valence-corrected chi connectivity index (χ4v) is 3.49. The molecule has 8 heteroatoms. The minimum absolute atomic E-state index is 0.0221. The monoisotopic (exact) mass is 426 g/mol. The average molecular weight is 426 g/mol. The van der Waals surface area contributed by atoms with E-state index in [2.05, 4.69) is 4.98 Å². The fourth-order valence-electron chi connectivity index (χ4n) is 3.49. The second kappa shape index (κ2) is 9.61. The molecule has 1 atom stereocenters. The number of carbonyl (C=O) groups is 2. The van der Waals surface area contributed by atoms with Crippen LogP contribution in [0, 0.1) is 0 Å². The van der Waals surface area contributed by atoms with Crippen LogP contribution in [0.4, 0.5) is 0 Å². The Kier molecular flexibility index (Phi) is 6.91. The molecule has 2 heterocycles. The number of aliphatic hydroxyl groups excluding tert-OH is 1. The maximum atomic E-state index is 13.0. The second-order valence-corrected chi connectivity index (χ2v) is 7.23. The first-order valence-electron chi connectivity index (χ1n) is 9.92. The molecule has 0 bridgehead atoms. The number of methoxy groups -OCH3 is 2. The number of nitrogens with zero attached hydrogens (tertiary/aromatic N) is 2.